The van der Waals surface area contributed by atoms with Crippen LogP contribution in [0.15, 0.2) is 66.0 Å². The van der Waals surface area contributed by atoms with Gasteiger partial charge in [-0.05, 0) is 54.0 Å². The Kier molecular flexibility index (Phi) is 4.28. The van der Waals surface area contributed by atoms with Crippen LogP contribution in [-0.4, -0.2) is 17.4 Å². The average Bonchev–Trinajstić information content (AvgIpc) is 2.68. The van der Waals surface area contributed by atoms with E-state index >= 15 is 0 Å². The minimum Gasteiger partial charge on any atom is -0.341 e. The molecule has 0 spiro atoms. The number of amides is 1. The quantitative estimate of drug-likeness (QED) is 0.865. The summed E-state index contributed by atoms with van der Waals surface area (Å²) in [5.41, 5.74) is 3.58. The number of nitrogens with zero attached hydrogens (tertiary/aromatic N) is 2. The number of benzene rings is 2. The lowest BCUT2D eigenvalue weighted by molar-refractivity contribution is -0.124. The molecule has 0 bridgehead atoms. The number of hydrogen-bond acceptors (Lipinski definition) is 3. The van der Waals surface area contributed by atoms with Crippen molar-refractivity contribution in [3.63, 3.8) is 0 Å². The Hall–Kier alpha value is -3.72. The number of fused-ring (bicyclic) bond motifs is 1. The minimum atomic E-state index is -0.648. The zero-order valence-electron chi connectivity index (χ0n) is 15.0. The van der Waals surface area contributed by atoms with E-state index in [1.165, 1.54) is 18.2 Å². The van der Waals surface area contributed by atoms with Gasteiger partial charge in [-0.25, -0.2) is 8.78 Å². The van der Waals surface area contributed by atoms with Crippen LogP contribution in [0.2, 0.25) is 0 Å². The zero-order chi connectivity index (χ0) is 19.8. The smallest absolute Gasteiger partial charge is 0.254 e. The predicted octanol–water partition coefficient (Wildman–Crippen LogP) is 3.94. The first-order valence-corrected chi connectivity index (χ1v) is 8.64. The Labute approximate surface area is 160 Å². The molecule has 28 heavy (non-hydrogen) atoms. The summed E-state index contributed by atoms with van der Waals surface area (Å²) in [6, 6.07) is 12.4. The lowest BCUT2D eigenvalue weighted by Crippen LogP contribution is -2.42. The van der Waals surface area contributed by atoms with E-state index < -0.39 is 11.6 Å². The highest BCUT2D eigenvalue weighted by molar-refractivity contribution is 5.99. The predicted molar refractivity (Wildman–Crippen MR) is 101 cm³/mol. The maximum absolute atomic E-state index is 14.3. The van der Waals surface area contributed by atoms with Crippen molar-refractivity contribution < 1.29 is 13.6 Å². The summed E-state index contributed by atoms with van der Waals surface area (Å²) in [6.45, 7) is 2.12. The molecule has 1 amide bonds. The van der Waals surface area contributed by atoms with Crippen LogP contribution in [0.5, 0.6) is 0 Å². The van der Waals surface area contributed by atoms with E-state index in [9.17, 15) is 13.6 Å². The Morgan fingerprint density at radius 2 is 1.86 bits per heavy atom. The lowest BCUT2D eigenvalue weighted by atomic mass is 9.95. The van der Waals surface area contributed by atoms with Gasteiger partial charge >= 0.3 is 0 Å². The van der Waals surface area contributed by atoms with Gasteiger partial charge in [0.15, 0.2) is 0 Å². The van der Waals surface area contributed by atoms with Crippen molar-refractivity contribution in [1.29, 1.82) is 5.26 Å². The van der Waals surface area contributed by atoms with Crippen LogP contribution in [0, 0.1) is 23.0 Å². The largest absolute Gasteiger partial charge is 0.341 e. The maximum Gasteiger partial charge on any atom is 0.254 e. The minimum absolute atomic E-state index is 0.192. The van der Waals surface area contributed by atoms with Gasteiger partial charge in [0.05, 0.1) is 17.3 Å². The molecular formula is C22H15F2N3O. The van der Waals surface area contributed by atoms with Crippen molar-refractivity contribution in [2.24, 2.45) is 0 Å². The molecule has 2 heterocycles. The normalized spacial score (nSPS) is 16.1. The molecule has 2 aliphatic rings. The van der Waals surface area contributed by atoms with Gasteiger partial charge in [-0.1, -0.05) is 12.1 Å². The second-order valence-electron chi connectivity index (χ2n) is 6.64. The molecule has 4 rings (SSSR count). The van der Waals surface area contributed by atoms with Crippen LogP contribution >= 0.6 is 0 Å². The molecule has 2 aromatic rings. The highest BCUT2D eigenvalue weighted by Gasteiger charge is 2.28. The molecule has 0 aromatic heterocycles. The molecule has 1 N–H and O–H groups in total. The molecule has 2 aliphatic heterocycles. The van der Waals surface area contributed by atoms with E-state index in [0.29, 0.717) is 29.2 Å². The van der Waals surface area contributed by atoms with Crippen LogP contribution in [-0.2, 0) is 4.79 Å². The number of nitrogens with one attached hydrogen (secondary N) is 1. The molecule has 0 unspecified atom stereocenters. The van der Waals surface area contributed by atoms with Crippen LogP contribution in [0.25, 0.3) is 11.3 Å². The Bertz CT molecular complexity index is 1120. The number of allylic oxidation sites excluding steroid dienone is 2. The molecule has 138 valence electrons. The molecule has 6 heteroatoms. The SMILES string of the molecule is CC1=C(c2ccc(F)cc2F)C=C2NC(c3ccc(C#N)cc3)=CC(=O)N2C1. The van der Waals surface area contributed by atoms with E-state index in [0.717, 1.165) is 17.2 Å². The van der Waals surface area contributed by atoms with Gasteiger partial charge in [0, 0.05) is 24.3 Å². The summed E-state index contributed by atoms with van der Waals surface area (Å²) in [5.74, 6) is -0.954. The third-order valence-electron chi connectivity index (χ3n) is 4.77. The van der Waals surface area contributed by atoms with Gasteiger partial charge in [-0.2, -0.15) is 5.26 Å². The first-order valence-electron chi connectivity index (χ1n) is 8.64. The van der Waals surface area contributed by atoms with Gasteiger partial charge in [0.25, 0.3) is 5.91 Å². The summed E-state index contributed by atoms with van der Waals surface area (Å²) in [5, 5.41) is 12.1. The number of halogens is 2. The Balaban J connectivity index is 1.71. The standard InChI is InChI=1S/C22H15F2N3O/c1-13-12-27-21(9-18(13)17-7-6-16(23)8-19(17)24)26-20(10-22(27)28)15-4-2-14(11-25)3-5-15/h2-10,26H,12H2,1H3. The van der Waals surface area contributed by atoms with Crippen LogP contribution in [0.3, 0.4) is 0 Å². The molecule has 0 fully saturated rings. The fourth-order valence-electron chi connectivity index (χ4n) is 3.32. The van der Waals surface area contributed by atoms with E-state index in [4.69, 9.17) is 5.26 Å². The first kappa shape index (κ1) is 17.7. The highest BCUT2D eigenvalue weighted by Crippen LogP contribution is 2.32. The number of carbonyl (C=O) groups is 1. The Morgan fingerprint density at radius 1 is 1.11 bits per heavy atom. The van der Waals surface area contributed by atoms with Gasteiger partial charge in [-0.15, -0.1) is 0 Å². The van der Waals surface area contributed by atoms with Crippen molar-refractivity contribution >= 4 is 17.2 Å². The molecule has 0 atom stereocenters. The van der Waals surface area contributed by atoms with E-state index in [-0.39, 0.29) is 11.5 Å². The molecule has 2 aromatic carbocycles. The van der Waals surface area contributed by atoms with Gasteiger partial charge in [0.1, 0.15) is 17.5 Å². The van der Waals surface area contributed by atoms with Crippen molar-refractivity contribution in [2.45, 2.75) is 6.92 Å². The fourth-order valence-corrected chi connectivity index (χ4v) is 3.32. The molecule has 0 saturated heterocycles. The highest BCUT2D eigenvalue weighted by atomic mass is 19.1. The lowest BCUT2D eigenvalue weighted by Gasteiger charge is -2.34. The van der Waals surface area contributed by atoms with Gasteiger partial charge < -0.3 is 5.32 Å². The summed E-state index contributed by atoms with van der Waals surface area (Å²) in [7, 11) is 0. The topological polar surface area (TPSA) is 56.1 Å². The van der Waals surface area contributed by atoms with Crippen molar-refractivity contribution in [1.82, 2.24) is 10.2 Å². The number of rotatable bonds is 2. The number of nitriles is 1. The molecule has 4 nitrogen and oxygen atoms in total. The van der Waals surface area contributed by atoms with E-state index in [1.54, 1.807) is 35.2 Å². The molecule has 0 saturated carbocycles. The van der Waals surface area contributed by atoms with E-state index in [1.807, 2.05) is 6.92 Å². The summed E-state index contributed by atoms with van der Waals surface area (Å²) < 4.78 is 27.5. The summed E-state index contributed by atoms with van der Waals surface area (Å²) >= 11 is 0. The van der Waals surface area contributed by atoms with Crippen LogP contribution in [0.4, 0.5) is 8.78 Å². The summed E-state index contributed by atoms with van der Waals surface area (Å²) in [6.07, 6.45) is 3.19. The van der Waals surface area contributed by atoms with Gasteiger partial charge in [-0.3, -0.25) is 9.69 Å². The van der Waals surface area contributed by atoms with Crippen LogP contribution < -0.4 is 5.32 Å². The van der Waals surface area contributed by atoms with Crippen molar-refractivity contribution in [3.8, 4) is 6.07 Å². The zero-order valence-corrected chi connectivity index (χ0v) is 15.0. The summed E-state index contributed by atoms with van der Waals surface area (Å²) in [4.78, 5) is 14.2. The van der Waals surface area contributed by atoms with Crippen molar-refractivity contribution in [3.05, 3.63) is 94.3 Å². The monoisotopic (exact) mass is 375 g/mol. The third-order valence-corrected chi connectivity index (χ3v) is 4.77. The number of hydrogen-bond donors (Lipinski definition) is 1. The second-order valence-corrected chi connectivity index (χ2v) is 6.64. The van der Waals surface area contributed by atoms with E-state index in [2.05, 4.69) is 11.4 Å². The first-order chi connectivity index (χ1) is 13.5. The second kappa shape index (κ2) is 6.78. The van der Waals surface area contributed by atoms with Crippen LogP contribution in [0.1, 0.15) is 23.6 Å². The van der Waals surface area contributed by atoms with Gasteiger partial charge in [0.2, 0.25) is 0 Å². The molecule has 0 radical (unpaired) electrons. The molecule has 0 aliphatic carbocycles. The van der Waals surface area contributed by atoms with Crippen molar-refractivity contribution in [2.75, 3.05) is 6.54 Å². The fraction of sp³-hybridized carbons (Fsp3) is 0.0909. The maximum atomic E-state index is 14.3. The number of carbonyl (C=O) groups excluding carboxylic acids is 1. The average molecular weight is 375 g/mol. The Morgan fingerprint density at radius 3 is 2.54 bits per heavy atom. The molecular weight excluding hydrogens is 360 g/mol. The third kappa shape index (κ3) is 3.08.